The fourth-order valence-electron chi connectivity index (χ4n) is 7.02. The standard InChI is InChI=1S/C27H34N6O3/c1-26(2)14-33(19-11-16-12-27(16)9-8-17(19)27)22-20(32(4)24(26)35)13-29-25(31-22)30-18-7-6-15(23(34)28-3)10-21(18)36-5/h6-7,10,13,16-17,19H,8-9,11-12,14H2,1-5H3,(H,28,34)(H,29,30,31). The molecule has 9 heteroatoms. The van der Waals surface area contributed by atoms with Crippen LogP contribution in [-0.4, -0.2) is 55.6 Å². The topological polar surface area (TPSA) is 99.7 Å². The van der Waals surface area contributed by atoms with Crippen molar-refractivity contribution in [3.63, 3.8) is 0 Å². The van der Waals surface area contributed by atoms with E-state index in [1.807, 2.05) is 20.9 Å². The molecule has 2 heterocycles. The third-order valence-corrected chi connectivity index (χ3v) is 9.10. The Labute approximate surface area is 211 Å². The van der Waals surface area contributed by atoms with Crippen molar-refractivity contribution in [2.75, 3.05) is 42.9 Å². The molecule has 3 aliphatic carbocycles. The average molecular weight is 491 g/mol. The van der Waals surface area contributed by atoms with Crippen LogP contribution in [0.5, 0.6) is 5.75 Å². The number of aromatic nitrogens is 2. The molecule has 3 saturated carbocycles. The molecule has 190 valence electrons. The van der Waals surface area contributed by atoms with E-state index >= 15 is 0 Å². The Hall–Kier alpha value is -3.36. The highest BCUT2D eigenvalue weighted by Crippen LogP contribution is 2.76. The third-order valence-electron chi connectivity index (χ3n) is 9.10. The molecule has 1 aromatic heterocycles. The normalized spacial score (nSPS) is 29.4. The van der Waals surface area contributed by atoms with E-state index in [9.17, 15) is 9.59 Å². The van der Waals surface area contributed by atoms with Crippen molar-refractivity contribution in [2.45, 2.75) is 45.6 Å². The molecule has 2 N–H and O–H groups in total. The van der Waals surface area contributed by atoms with Crippen LogP contribution in [0.25, 0.3) is 0 Å². The van der Waals surface area contributed by atoms with Crippen LogP contribution in [-0.2, 0) is 4.79 Å². The molecule has 3 fully saturated rings. The first-order chi connectivity index (χ1) is 17.2. The third kappa shape index (κ3) is 3.28. The van der Waals surface area contributed by atoms with Crippen LogP contribution in [0.4, 0.5) is 23.1 Å². The van der Waals surface area contributed by atoms with E-state index in [0.29, 0.717) is 46.9 Å². The largest absolute Gasteiger partial charge is 0.495 e. The van der Waals surface area contributed by atoms with Gasteiger partial charge in [-0.2, -0.15) is 4.98 Å². The van der Waals surface area contributed by atoms with Crippen LogP contribution in [0.15, 0.2) is 24.4 Å². The van der Waals surface area contributed by atoms with Gasteiger partial charge in [0.1, 0.15) is 11.4 Å². The molecule has 36 heavy (non-hydrogen) atoms. The maximum atomic E-state index is 13.4. The molecule has 1 spiro atoms. The minimum absolute atomic E-state index is 0.0773. The molecule has 2 aromatic rings. The predicted molar refractivity (Wildman–Crippen MR) is 138 cm³/mol. The summed E-state index contributed by atoms with van der Waals surface area (Å²) >= 11 is 0. The number of carbonyl (C=O) groups is 2. The van der Waals surface area contributed by atoms with E-state index in [2.05, 4.69) is 20.5 Å². The lowest BCUT2D eigenvalue weighted by Gasteiger charge is -2.45. The van der Waals surface area contributed by atoms with E-state index in [0.717, 1.165) is 17.4 Å². The number of fused-ring (bicyclic) bond motifs is 1. The Morgan fingerprint density at radius 1 is 1.28 bits per heavy atom. The van der Waals surface area contributed by atoms with Crippen LogP contribution in [0.2, 0.25) is 0 Å². The molecule has 4 aliphatic rings. The number of ether oxygens (including phenoxy) is 1. The van der Waals surface area contributed by atoms with Gasteiger partial charge in [-0.15, -0.1) is 0 Å². The zero-order chi connectivity index (χ0) is 25.4. The van der Waals surface area contributed by atoms with Crippen LogP contribution >= 0.6 is 0 Å². The fraction of sp³-hybridized carbons (Fsp3) is 0.556. The van der Waals surface area contributed by atoms with Crippen molar-refractivity contribution >= 4 is 35.0 Å². The number of nitrogens with zero attached hydrogens (tertiary/aromatic N) is 4. The molecule has 6 rings (SSSR count). The molecule has 9 nitrogen and oxygen atoms in total. The number of carbonyl (C=O) groups excluding carboxylic acids is 2. The number of rotatable bonds is 5. The summed E-state index contributed by atoms with van der Waals surface area (Å²) in [4.78, 5) is 39.1. The Balaban J connectivity index is 1.37. The molecule has 2 amide bonds. The number of benzene rings is 1. The second-order valence-corrected chi connectivity index (χ2v) is 11.5. The van der Waals surface area contributed by atoms with Crippen LogP contribution in [0.3, 0.4) is 0 Å². The SMILES string of the molecule is CNC(=O)c1ccc(Nc2ncc3c(n2)N(C2CC4CC45CCC25)CC(C)(C)C(=O)N3C)c(OC)c1. The van der Waals surface area contributed by atoms with Crippen molar-refractivity contribution in [1.29, 1.82) is 0 Å². The molecule has 1 aliphatic heterocycles. The lowest BCUT2D eigenvalue weighted by atomic mass is 9.69. The Kier molecular flexibility index (Phi) is 5.01. The van der Waals surface area contributed by atoms with Crippen LogP contribution in [0.1, 0.15) is 49.9 Å². The zero-order valence-electron chi connectivity index (χ0n) is 21.6. The number of methoxy groups -OCH3 is 1. The molecule has 4 unspecified atom stereocenters. The summed E-state index contributed by atoms with van der Waals surface area (Å²) in [5, 5.41) is 5.90. The summed E-state index contributed by atoms with van der Waals surface area (Å²) in [6.45, 7) is 4.69. The number of hydrogen-bond donors (Lipinski definition) is 2. The molecule has 1 aromatic carbocycles. The monoisotopic (exact) mass is 490 g/mol. The Morgan fingerprint density at radius 2 is 2.08 bits per heavy atom. The first kappa shape index (κ1) is 23.1. The minimum atomic E-state index is -0.536. The number of amides is 2. The average Bonchev–Trinajstić information content (AvgIpc) is 3.57. The second-order valence-electron chi connectivity index (χ2n) is 11.5. The Morgan fingerprint density at radius 3 is 2.75 bits per heavy atom. The quantitative estimate of drug-likeness (QED) is 0.661. The number of nitrogens with one attached hydrogen (secondary N) is 2. The van der Waals surface area contributed by atoms with Crippen molar-refractivity contribution < 1.29 is 14.3 Å². The summed E-state index contributed by atoms with van der Waals surface area (Å²) in [6, 6.07) is 5.61. The summed E-state index contributed by atoms with van der Waals surface area (Å²) in [6.07, 6.45) is 6.92. The Bertz CT molecular complexity index is 1260. The first-order valence-corrected chi connectivity index (χ1v) is 12.8. The van der Waals surface area contributed by atoms with Crippen molar-refractivity contribution in [2.24, 2.45) is 22.7 Å². The van der Waals surface area contributed by atoms with Gasteiger partial charge >= 0.3 is 0 Å². The number of hydrogen-bond acceptors (Lipinski definition) is 7. The molecule has 0 saturated heterocycles. The summed E-state index contributed by atoms with van der Waals surface area (Å²) < 4.78 is 5.53. The lowest BCUT2D eigenvalue weighted by Crippen LogP contribution is -2.50. The van der Waals surface area contributed by atoms with E-state index < -0.39 is 5.41 Å². The van der Waals surface area contributed by atoms with Crippen LogP contribution in [0, 0.1) is 22.7 Å². The van der Waals surface area contributed by atoms with Gasteiger partial charge in [-0.25, -0.2) is 4.98 Å². The minimum Gasteiger partial charge on any atom is -0.495 e. The van der Waals surface area contributed by atoms with Gasteiger partial charge in [0, 0.05) is 32.2 Å². The zero-order valence-corrected chi connectivity index (χ0v) is 21.6. The van der Waals surface area contributed by atoms with Crippen LogP contribution < -0.4 is 25.2 Å². The maximum absolute atomic E-state index is 13.4. The van der Waals surface area contributed by atoms with Crippen molar-refractivity contribution in [1.82, 2.24) is 15.3 Å². The lowest BCUT2D eigenvalue weighted by molar-refractivity contribution is -0.125. The van der Waals surface area contributed by atoms with Gasteiger partial charge in [-0.05, 0) is 75.0 Å². The summed E-state index contributed by atoms with van der Waals surface area (Å²) in [5.74, 6) is 3.16. The van der Waals surface area contributed by atoms with E-state index in [1.54, 1.807) is 43.5 Å². The van der Waals surface area contributed by atoms with E-state index in [-0.39, 0.29) is 11.8 Å². The predicted octanol–water partition coefficient (Wildman–Crippen LogP) is 3.59. The molecule has 0 bridgehead atoms. The van der Waals surface area contributed by atoms with Crippen molar-refractivity contribution in [3.8, 4) is 5.75 Å². The molecule has 4 atom stereocenters. The first-order valence-electron chi connectivity index (χ1n) is 12.8. The smallest absolute Gasteiger partial charge is 0.251 e. The highest BCUT2D eigenvalue weighted by atomic mass is 16.5. The fourth-order valence-corrected chi connectivity index (χ4v) is 7.02. The van der Waals surface area contributed by atoms with Crippen molar-refractivity contribution in [3.05, 3.63) is 30.0 Å². The molecular formula is C27H34N6O3. The summed E-state index contributed by atoms with van der Waals surface area (Å²) in [7, 11) is 4.98. The van der Waals surface area contributed by atoms with Gasteiger partial charge in [0.2, 0.25) is 11.9 Å². The van der Waals surface area contributed by atoms with Gasteiger partial charge in [0.05, 0.1) is 24.4 Å². The van der Waals surface area contributed by atoms with Gasteiger partial charge in [-0.3, -0.25) is 9.59 Å². The highest BCUT2D eigenvalue weighted by molar-refractivity contribution is 6.01. The second kappa shape index (κ2) is 7.82. The van der Waals surface area contributed by atoms with E-state index in [1.165, 1.54) is 25.7 Å². The van der Waals surface area contributed by atoms with E-state index in [4.69, 9.17) is 9.72 Å². The highest BCUT2D eigenvalue weighted by Gasteiger charge is 2.71. The van der Waals surface area contributed by atoms with Gasteiger partial charge in [0.25, 0.3) is 5.91 Å². The number of anilines is 4. The molecular weight excluding hydrogens is 456 g/mol. The van der Waals surface area contributed by atoms with Gasteiger partial charge in [0.15, 0.2) is 5.82 Å². The summed E-state index contributed by atoms with van der Waals surface area (Å²) in [5.41, 5.74) is 1.93. The van der Waals surface area contributed by atoms with Gasteiger partial charge < -0.3 is 25.2 Å². The molecule has 0 radical (unpaired) electrons. The maximum Gasteiger partial charge on any atom is 0.251 e. The van der Waals surface area contributed by atoms with Gasteiger partial charge in [-0.1, -0.05) is 0 Å².